The summed E-state index contributed by atoms with van der Waals surface area (Å²) < 4.78 is 11.6. The van der Waals surface area contributed by atoms with Crippen LogP contribution >= 0.6 is 0 Å². The highest BCUT2D eigenvalue weighted by molar-refractivity contribution is 5.77. The summed E-state index contributed by atoms with van der Waals surface area (Å²) in [7, 11) is 0. The highest BCUT2D eigenvalue weighted by Crippen LogP contribution is 2.34. The summed E-state index contributed by atoms with van der Waals surface area (Å²) in [4.78, 5) is 19.1. The lowest BCUT2D eigenvalue weighted by Crippen LogP contribution is -2.32. The molecule has 1 unspecified atom stereocenters. The molecule has 0 saturated heterocycles. The molecule has 20 heavy (non-hydrogen) atoms. The smallest absolute Gasteiger partial charge is 0.368 e. The molecule has 0 aromatic heterocycles. The number of fused-ring (bicyclic) bond motifs is 2. The van der Waals surface area contributed by atoms with E-state index in [4.69, 9.17) is 9.47 Å². The minimum atomic E-state index is -0.468. The van der Waals surface area contributed by atoms with Crippen molar-refractivity contribution >= 4 is 6.03 Å². The Bertz CT molecular complexity index is 829. The molecular weight excluding hydrogens is 256 g/mol. The minimum Gasteiger partial charge on any atom is -0.485 e. The number of carbonyl (C=O) groups excluding carboxylic acids is 1. The van der Waals surface area contributed by atoms with Gasteiger partial charge in [-0.15, -0.1) is 0 Å². The van der Waals surface area contributed by atoms with Crippen LogP contribution in [-0.2, 0) is 0 Å². The molecule has 0 spiro atoms. The molecule has 2 aromatic carbocycles. The number of carbonyl (C=O) groups is 1. The van der Waals surface area contributed by atoms with Crippen molar-refractivity contribution in [1.82, 2.24) is 0 Å². The largest absolute Gasteiger partial charge is 0.485 e. The van der Waals surface area contributed by atoms with Crippen LogP contribution in [0.2, 0.25) is 0 Å². The first-order valence-electron chi connectivity index (χ1n) is 6.30. The van der Waals surface area contributed by atoms with Gasteiger partial charge in [-0.25, -0.2) is 4.79 Å². The van der Waals surface area contributed by atoms with Gasteiger partial charge in [0.25, 0.3) is 0 Å². The Morgan fingerprint density at radius 2 is 1.85 bits per heavy atom. The van der Waals surface area contributed by atoms with Crippen molar-refractivity contribution in [2.45, 2.75) is 6.10 Å². The highest BCUT2D eigenvalue weighted by Gasteiger charge is 2.24. The van der Waals surface area contributed by atoms with E-state index >= 15 is 0 Å². The third-order valence-corrected chi connectivity index (χ3v) is 3.32. The van der Waals surface area contributed by atoms with E-state index in [1.807, 2.05) is 36.4 Å². The zero-order valence-electron chi connectivity index (χ0n) is 10.4. The molecule has 4 rings (SSSR count). The number of hydrogen-bond acceptors (Lipinski definition) is 3. The zero-order valence-corrected chi connectivity index (χ0v) is 10.4. The third kappa shape index (κ3) is 1.67. The molecule has 1 atom stereocenters. The third-order valence-electron chi connectivity index (χ3n) is 3.32. The van der Waals surface area contributed by atoms with E-state index in [0.717, 1.165) is 11.3 Å². The summed E-state index contributed by atoms with van der Waals surface area (Å²) in [6.45, 7) is 0.386. The molecule has 2 aromatic rings. The van der Waals surface area contributed by atoms with Crippen molar-refractivity contribution in [1.29, 1.82) is 0 Å². The van der Waals surface area contributed by atoms with Crippen molar-refractivity contribution in [2.24, 2.45) is 9.98 Å². The Morgan fingerprint density at radius 1 is 1.00 bits per heavy atom. The van der Waals surface area contributed by atoms with Crippen molar-refractivity contribution in [2.75, 3.05) is 6.61 Å². The van der Waals surface area contributed by atoms with E-state index in [0.29, 0.717) is 23.1 Å². The van der Waals surface area contributed by atoms with E-state index in [2.05, 4.69) is 9.98 Å². The maximum atomic E-state index is 11.3. The second-order valence-electron chi connectivity index (χ2n) is 4.59. The summed E-state index contributed by atoms with van der Waals surface area (Å²) in [6, 6.07) is 12.5. The van der Waals surface area contributed by atoms with Gasteiger partial charge in [-0.3, -0.25) is 0 Å². The number of para-hydroxylation sites is 3. The summed E-state index contributed by atoms with van der Waals surface area (Å²) in [5, 5.41) is 1.18. The number of rotatable bonds is 1. The number of benzene rings is 2. The second-order valence-corrected chi connectivity index (χ2v) is 4.59. The molecule has 2 heterocycles. The lowest BCUT2D eigenvalue weighted by molar-refractivity contribution is 0.0904. The molecule has 5 nitrogen and oxygen atoms in total. The molecule has 0 aliphatic carbocycles. The fraction of sp³-hybridized carbons (Fsp3) is 0.133. The van der Waals surface area contributed by atoms with E-state index < -0.39 is 6.03 Å². The fourth-order valence-electron chi connectivity index (χ4n) is 2.42. The second kappa shape index (κ2) is 4.16. The van der Waals surface area contributed by atoms with Crippen molar-refractivity contribution in [3.63, 3.8) is 0 Å². The van der Waals surface area contributed by atoms with Crippen LogP contribution in [0.15, 0.2) is 52.4 Å². The summed E-state index contributed by atoms with van der Waals surface area (Å²) in [6.07, 6.45) is -0.287. The van der Waals surface area contributed by atoms with Crippen LogP contribution in [0.4, 0.5) is 4.79 Å². The highest BCUT2D eigenvalue weighted by atomic mass is 16.6. The van der Waals surface area contributed by atoms with Gasteiger partial charge >= 0.3 is 6.03 Å². The van der Waals surface area contributed by atoms with Gasteiger partial charge in [0.05, 0.1) is 5.36 Å². The average molecular weight is 266 g/mol. The molecule has 2 aliphatic rings. The van der Waals surface area contributed by atoms with Crippen LogP contribution in [0.1, 0.15) is 11.7 Å². The first-order chi connectivity index (χ1) is 9.81. The SMILES string of the molecule is O=C1N=c2cccc(C3COc4ccccc4O3)c2=N1. The first-order valence-corrected chi connectivity index (χ1v) is 6.30. The zero-order chi connectivity index (χ0) is 13.5. The number of ether oxygens (including phenoxy) is 2. The van der Waals surface area contributed by atoms with E-state index in [1.54, 1.807) is 6.07 Å². The van der Waals surface area contributed by atoms with Crippen LogP contribution in [-0.4, -0.2) is 12.6 Å². The van der Waals surface area contributed by atoms with Crippen molar-refractivity contribution in [3.8, 4) is 11.5 Å². The molecule has 2 amide bonds. The maximum Gasteiger partial charge on any atom is 0.368 e. The molecule has 0 saturated carbocycles. The van der Waals surface area contributed by atoms with Crippen LogP contribution < -0.4 is 20.2 Å². The first kappa shape index (κ1) is 11.2. The lowest BCUT2D eigenvalue weighted by Gasteiger charge is -2.26. The van der Waals surface area contributed by atoms with Gasteiger partial charge in [0, 0.05) is 5.56 Å². The number of hydrogen-bond donors (Lipinski definition) is 0. The van der Waals surface area contributed by atoms with Gasteiger partial charge < -0.3 is 9.47 Å². The average Bonchev–Trinajstić information content (AvgIpc) is 2.86. The number of urea groups is 1. The normalized spacial score (nSPS) is 19.0. The molecule has 0 N–H and O–H groups in total. The van der Waals surface area contributed by atoms with Gasteiger partial charge in [-0.2, -0.15) is 9.98 Å². The molecule has 0 bridgehead atoms. The fourth-order valence-corrected chi connectivity index (χ4v) is 2.42. The van der Waals surface area contributed by atoms with Gasteiger partial charge in [0.1, 0.15) is 12.0 Å². The Morgan fingerprint density at radius 3 is 2.75 bits per heavy atom. The van der Waals surface area contributed by atoms with Gasteiger partial charge in [0.15, 0.2) is 17.6 Å². The van der Waals surface area contributed by atoms with Crippen LogP contribution in [0.5, 0.6) is 11.5 Å². The molecule has 98 valence electrons. The molecular formula is C15H10N2O3. The molecule has 5 heteroatoms. The molecule has 0 fully saturated rings. The van der Waals surface area contributed by atoms with Gasteiger partial charge in [-0.1, -0.05) is 24.3 Å². The van der Waals surface area contributed by atoms with Crippen molar-refractivity contribution in [3.05, 3.63) is 58.7 Å². The number of nitrogens with zero attached hydrogens (tertiary/aromatic N) is 2. The van der Waals surface area contributed by atoms with E-state index in [9.17, 15) is 4.79 Å². The predicted octanol–water partition coefficient (Wildman–Crippen LogP) is 1.57. The van der Waals surface area contributed by atoms with E-state index in [-0.39, 0.29) is 6.10 Å². The van der Waals surface area contributed by atoms with Gasteiger partial charge in [0.2, 0.25) is 0 Å². The predicted molar refractivity (Wildman–Crippen MR) is 69.5 cm³/mol. The molecule has 2 aliphatic heterocycles. The Hall–Kier alpha value is -2.69. The Balaban J connectivity index is 1.79. The monoisotopic (exact) mass is 266 g/mol. The summed E-state index contributed by atoms with van der Waals surface area (Å²) in [5.41, 5.74) is 0.826. The minimum absolute atomic E-state index is 0.287. The maximum absolute atomic E-state index is 11.3. The van der Waals surface area contributed by atoms with Crippen LogP contribution in [0.3, 0.4) is 0 Å². The summed E-state index contributed by atoms with van der Waals surface area (Å²) in [5.74, 6) is 1.43. The Labute approximate surface area is 114 Å². The van der Waals surface area contributed by atoms with Crippen LogP contribution in [0, 0.1) is 0 Å². The number of amides is 2. The van der Waals surface area contributed by atoms with Gasteiger partial charge in [-0.05, 0) is 18.2 Å². The van der Waals surface area contributed by atoms with Crippen LogP contribution in [0.25, 0.3) is 0 Å². The quantitative estimate of drug-likeness (QED) is 0.787. The molecule has 0 radical (unpaired) electrons. The standard InChI is InChI=1S/C15H10N2O3/c18-15-16-10-5-3-4-9(14(10)17-15)13-8-19-11-6-1-2-7-12(11)20-13/h1-7,13H,8H2. The lowest BCUT2D eigenvalue weighted by atomic mass is 10.1. The van der Waals surface area contributed by atoms with Crippen molar-refractivity contribution < 1.29 is 14.3 Å². The topological polar surface area (TPSA) is 60.2 Å². The van der Waals surface area contributed by atoms with E-state index in [1.165, 1.54) is 0 Å². The summed E-state index contributed by atoms with van der Waals surface area (Å²) >= 11 is 0. The Kier molecular flexibility index (Phi) is 2.32.